The summed E-state index contributed by atoms with van der Waals surface area (Å²) in [4.78, 5) is 21.0. The van der Waals surface area contributed by atoms with Crippen LogP contribution in [0.3, 0.4) is 0 Å². The lowest BCUT2D eigenvalue weighted by Gasteiger charge is -2.23. The minimum atomic E-state index is -0.0548. The summed E-state index contributed by atoms with van der Waals surface area (Å²) in [6.07, 6.45) is 0.794. The molecule has 18 heavy (non-hydrogen) atoms. The highest BCUT2D eigenvalue weighted by molar-refractivity contribution is 7.99. The van der Waals surface area contributed by atoms with E-state index in [2.05, 4.69) is 35.8 Å². The van der Waals surface area contributed by atoms with Crippen LogP contribution in [0.1, 0.15) is 32.3 Å². The number of hydrogen-bond donors (Lipinski definition) is 1. The molecule has 0 fully saturated rings. The first-order valence-corrected chi connectivity index (χ1v) is 7.59. The summed E-state index contributed by atoms with van der Waals surface area (Å²) < 4.78 is 0. The number of nitrogens with one attached hydrogen (secondary N) is 1. The lowest BCUT2D eigenvalue weighted by Crippen LogP contribution is -2.32. The molecule has 5 heteroatoms. The molecule has 0 saturated carbocycles. The van der Waals surface area contributed by atoms with Gasteiger partial charge in [0.25, 0.3) is 5.56 Å². The Morgan fingerprint density at radius 2 is 2.22 bits per heavy atom. The highest BCUT2D eigenvalue weighted by Gasteiger charge is 2.11. The highest BCUT2D eigenvalue weighted by Crippen LogP contribution is 2.08. The van der Waals surface area contributed by atoms with Crippen molar-refractivity contribution in [1.82, 2.24) is 14.9 Å². The molecule has 1 aromatic rings. The smallest absolute Gasteiger partial charge is 0.251 e. The van der Waals surface area contributed by atoms with Crippen LogP contribution in [0.15, 0.2) is 10.9 Å². The van der Waals surface area contributed by atoms with Gasteiger partial charge in [-0.05, 0) is 26.1 Å². The average molecular weight is 269 g/mol. The summed E-state index contributed by atoms with van der Waals surface area (Å²) in [6.45, 7) is 7.07. The molecule has 1 rings (SSSR count). The van der Waals surface area contributed by atoms with Gasteiger partial charge >= 0.3 is 0 Å². The van der Waals surface area contributed by atoms with E-state index in [-0.39, 0.29) is 5.56 Å². The van der Waals surface area contributed by atoms with Crippen molar-refractivity contribution in [1.29, 1.82) is 0 Å². The molecule has 1 unspecified atom stereocenters. The Bertz CT molecular complexity index is 419. The van der Waals surface area contributed by atoms with Gasteiger partial charge in [-0.3, -0.25) is 9.69 Å². The molecule has 0 aliphatic rings. The molecule has 0 amide bonds. The van der Waals surface area contributed by atoms with E-state index < -0.39 is 0 Å². The minimum absolute atomic E-state index is 0.0548. The lowest BCUT2D eigenvalue weighted by molar-refractivity contribution is 0.262. The van der Waals surface area contributed by atoms with Crippen LogP contribution in [-0.2, 0) is 13.0 Å². The molecule has 0 aliphatic carbocycles. The predicted molar refractivity (Wildman–Crippen MR) is 78.2 cm³/mol. The highest BCUT2D eigenvalue weighted by atomic mass is 32.2. The van der Waals surface area contributed by atoms with Crippen LogP contribution in [0, 0.1) is 0 Å². The predicted octanol–water partition coefficient (Wildman–Crippen LogP) is 1.91. The van der Waals surface area contributed by atoms with Crippen molar-refractivity contribution in [3.63, 3.8) is 0 Å². The van der Waals surface area contributed by atoms with Crippen molar-refractivity contribution in [2.24, 2.45) is 0 Å². The summed E-state index contributed by atoms with van der Waals surface area (Å²) in [7, 11) is 2.07. The molecule has 1 N–H and O–H groups in total. The fourth-order valence-corrected chi connectivity index (χ4v) is 2.46. The number of nitrogens with zero attached hydrogens (tertiary/aromatic N) is 2. The van der Waals surface area contributed by atoms with Crippen LogP contribution in [-0.4, -0.2) is 39.5 Å². The Morgan fingerprint density at radius 3 is 2.83 bits per heavy atom. The maximum Gasteiger partial charge on any atom is 0.251 e. The second-order valence-electron chi connectivity index (χ2n) is 4.46. The normalized spacial score (nSPS) is 12.9. The van der Waals surface area contributed by atoms with Crippen LogP contribution >= 0.6 is 11.8 Å². The van der Waals surface area contributed by atoms with E-state index in [1.54, 1.807) is 6.07 Å². The molecule has 0 saturated heterocycles. The zero-order valence-electron chi connectivity index (χ0n) is 11.7. The van der Waals surface area contributed by atoms with Crippen molar-refractivity contribution in [3.05, 3.63) is 27.9 Å². The van der Waals surface area contributed by atoms with Gasteiger partial charge in [0.2, 0.25) is 0 Å². The van der Waals surface area contributed by atoms with E-state index >= 15 is 0 Å². The van der Waals surface area contributed by atoms with Gasteiger partial charge in [-0.15, -0.1) is 0 Å². The average Bonchev–Trinajstić information content (AvgIpc) is 2.34. The molecule has 1 atom stereocenters. The number of aryl methyl sites for hydroxylation is 1. The van der Waals surface area contributed by atoms with E-state index in [9.17, 15) is 4.79 Å². The van der Waals surface area contributed by atoms with Crippen LogP contribution in [0.5, 0.6) is 0 Å². The molecule has 0 radical (unpaired) electrons. The van der Waals surface area contributed by atoms with Gasteiger partial charge in [-0.2, -0.15) is 11.8 Å². The molecule has 4 nitrogen and oxygen atoms in total. The van der Waals surface area contributed by atoms with Gasteiger partial charge in [0.15, 0.2) is 0 Å². The Hall–Kier alpha value is -0.810. The van der Waals surface area contributed by atoms with Crippen LogP contribution < -0.4 is 5.56 Å². The van der Waals surface area contributed by atoms with E-state index in [4.69, 9.17) is 0 Å². The standard InChI is InChI=1S/C13H23N3OS/c1-5-11-7-13(17)15-12(14-11)8-16(4)10(3)9-18-6-2/h7,10H,5-6,8-9H2,1-4H3,(H,14,15,17). The maximum absolute atomic E-state index is 11.5. The molecule has 0 bridgehead atoms. The topological polar surface area (TPSA) is 49.0 Å². The number of H-pyrrole nitrogens is 1. The van der Waals surface area contributed by atoms with Crippen molar-refractivity contribution in [2.75, 3.05) is 18.6 Å². The van der Waals surface area contributed by atoms with Crippen molar-refractivity contribution < 1.29 is 0 Å². The summed E-state index contributed by atoms with van der Waals surface area (Å²) in [5.41, 5.74) is 0.804. The van der Waals surface area contributed by atoms with Crippen LogP contribution in [0.25, 0.3) is 0 Å². The Kier molecular flexibility index (Phi) is 6.43. The maximum atomic E-state index is 11.5. The molecular formula is C13H23N3OS. The fourth-order valence-electron chi connectivity index (χ4n) is 1.63. The van der Waals surface area contributed by atoms with E-state index in [0.717, 1.165) is 29.4 Å². The number of thioether (sulfide) groups is 1. The quantitative estimate of drug-likeness (QED) is 0.821. The molecular weight excluding hydrogens is 246 g/mol. The number of aromatic amines is 1. The third-order valence-corrected chi connectivity index (χ3v) is 4.05. The summed E-state index contributed by atoms with van der Waals surface area (Å²) >= 11 is 1.93. The Morgan fingerprint density at radius 1 is 1.50 bits per heavy atom. The molecule has 0 aromatic carbocycles. The largest absolute Gasteiger partial charge is 0.309 e. The Labute approximate surface area is 113 Å². The third-order valence-electron chi connectivity index (χ3n) is 2.92. The van der Waals surface area contributed by atoms with Gasteiger partial charge in [0, 0.05) is 23.6 Å². The zero-order chi connectivity index (χ0) is 13.5. The molecule has 102 valence electrons. The monoisotopic (exact) mass is 269 g/mol. The summed E-state index contributed by atoms with van der Waals surface area (Å²) in [5.74, 6) is 3.00. The second-order valence-corrected chi connectivity index (χ2v) is 5.78. The third kappa shape index (κ3) is 4.82. The first-order valence-electron chi connectivity index (χ1n) is 6.43. The first kappa shape index (κ1) is 15.2. The Balaban J connectivity index is 2.66. The van der Waals surface area contributed by atoms with Crippen LogP contribution in [0.2, 0.25) is 0 Å². The zero-order valence-corrected chi connectivity index (χ0v) is 12.5. The van der Waals surface area contributed by atoms with Gasteiger partial charge in [0.1, 0.15) is 5.82 Å². The van der Waals surface area contributed by atoms with E-state index in [1.807, 2.05) is 18.7 Å². The van der Waals surface area contributed by atoms with Crippen LogP contribution in [0.4, 0.5) is 0 Å². The summed E-state index contributed by atoms with van der Waals surface area (Å²) in [6, 6.07) is 2.05. The van der Waals surface area contributed by atoms with Gasteiger partial charge in [0.05, 0.1) is 6.54 Å². The molecule has 1 aromatic heterocycles. The second kappa shape index (κ2) is 7.59. The number of hydrogen-bond acceptors (Lipinski definition) is 4. The molecule has 0 aliphatic heterocycles. The fraction of sp³-hybridized carbons (Fsp3) is 0.692. The number of aromatic nitrogens is 2. The van der Waals surface area contributed by atoms with Gasteiger partial charge in [-0.25, -0.2) is 4.98 Å². The SMILES string of the molecule is CCSCC(C)N(C)Cc1nc(CC)cc(=O)[nH]1. The van der Waals surface area contributed by atoms with Crippen molar-refractivity contribution in [2.45, 2.75) is 39.8 Å². The lowest BCUT2D eigenvalue weighted by atomic mass is 10.3. The van der Waals surface area contributed by atoms with Crippen molar-refractivity contribution in [3.8, 4) is 0 Å². The minimum Gasteiger partial charge on any atom is -0.309 e. The molecule has 1 heterocycles. The van der Waals surface area contributed by atoms with E-state index in [1.165, 1.54) is 0 Å². The molecule has 0 spiro atoms. The van der Waals surface area contributed by atoms with Gasteiger partial charge in [-0.1, -0.05) is 13.8 Å². The van der Waals surface area contributed by atoms with E-state index in [0.29, 0.717) is 12.6 Å². The summed E-state index contributed by atoms with van der Waals surface area (Å²) in [5, 5.41) is 0. The van der Waals surface area contributed by atoms with Gasteiger partial charge < -0.3 is 4.98 Å². The number of rotatable bonds is 7. The first-order chi connectivity index (χ1) is 8.56. The van der Waals surface area contributed by atoms with Crippen molar-refractivity contribution >= 4 is 11.8 Å².